The largest absolute Gasteiger partial charge is 0.494 e. The summed E-state index contributed by atoms with van der Waals surface area (Å²) in [5.41, 5.74) is 1.55. The van der Waals surface area contributed by atoms with Crippen molar-refractivity contribution in [1.82, 2.24) is 4.98 Å². The highest BCUT2D eigenvalue weighted by atomic mass is 16.5. The van der Waals surface area contributed by atoms with Crippen LogP contribution in [0.2, 0.25) is 0 Å². The third kappa shape index (κ3) is 4.68. The van der Waals surface area contributed by atoms with Gasteiger partial charge in [-0.25, -0.2) is 4.98 Å². The van der Waals surface area contributed by atoms with Crippen LogP contribution in [0.5, 0.6) is 5.75 Å². The maximum absolute atomic E-state index is 12.2. The molecule has 2 aromatic rings. The van der Waals surface area contributed by atoms with Crippen LogP contribution in [0.25, 0.3) is 6.08 Å². The predicted molar refractivity (Wildman–Crippen MR) is 88.8 cm³/mol. The molecule has 5 heteroatoms. The number of hydrogen-bond acceptors (Lipinski definition) is 4. The second-order valence-electron chi connectivity index (χ2n) is 4.79. The fourth-order valence-electron chi connectivity index (χ4n) is 1.94. The van der Waals surface area contributed by atoms with E-state index < -0.39 is 5.91 Å². The van der Waals surface area contributed by atoms with E-state index in [9.17, 15) is 10.1 Å². The van der Waals surface area contributed by atoms with E-state index in [1.165, 1.54) is 6.08 Å². The summed E-state index contributed by atoms with van der Waals surface area (Å²) in [4.78, 5) is 16.3. The first-order valence-electron chi connectivity index (χ1n) is 7.22. The molecule has 0 saturated heterocycles. The van der Waals surface area contributed by atoms with Crippen molar-refractivity contribution in [2.24, 2.45) is 0 Å². The Kier molecular flexibility index (Phi) is 5.48. The van der Waals surface area contributed by atoms with E-state index in [4.69, 9.17) is 4.74 Å². The lowest BCUT2D eigenvalue weighted by Gasteiger charge is -2.05. The standard InChI is InChI=1S/C18H17N3O2/c1-3-23-16-9-7-14(8-10-16)11-15(12-19)18(22)21-17-6-4-5-13(2)20-17/h4-11H,3H2,1-2H3,(H,20,21,22). The molecule has 1 N–H and O–H groups in total. The highest BCUT2D eigenvalue weighted by molar-refractivity contribution is 6.09. The summed E-state index contributed by atoms with van der Waals surface area (Å²) >= 11 is 0. The Labute approximate surface area is 135 Å². The van der Waals surface area contributed by atoms with E-state index in [-0.39, 0.29) is 5.57 Å². The van der Waals surface area contributed by atoms with Gasteiger partial charge in [-0.2, -0.15) is 5.26 Å². The Bertz CT molecular complexity index is 759. The molecular formula is C18H17N3O2. The summed E-state index contributed by atoms with van der Waals surface area (Å²) < 4.78 is 5.36. The van der Waals surface area contributed by atoms with Crippen LogP contribution in [-0.4, -0.2) is 17.5 Å². The Morgan fingerprint density at radius 3 is 2.65 bits per heavy atom. The molecule has 0 spiro atoms. The summed E-state index contributed by atoms with van der Waals surface area (Å²) in [6, 6.07) is 14.4. The molecule has 0 bridgehead atoms. The van der Waals surface area contributed by atoms with Crippen molar-refractivity contribution in [1.29, 1.82) is 5.26 Å². The van der Waals surface area contributed by atoms with Crippen molar-refractivity contribution in [3.63, 3.8) is 0 Å². The normalized spacial score (nSPS) is 10.7. The van der Waals surface area contributed by atoms with Gasteiger partial charge in [0, 0.05) is 5.69 Å². The third-order valence-corrected chi connectivity index (χ3v) is 3.00. The van der Waals surface area contributed by atoms with Gasteiger partial charge in [-0.05, 0) is 49.8 Å². The minimum Gasteiger partial charge on any atom is -0.494 e. The molecule has 0 unspecified atom stereocenters. The number of carbonyl (C=O) groups excluding carboxylic acids is 1. The number of rotatable bonds is 5. The SMILES string of the molecule is CCOc1ccc(C=C(C#N)C(=O)Nc2cccc(C)n2)cc1. The quantitative estimate of drug-likeness (QED) is 0.679. The van der Waals surface area contributed by atoms with Gasteiger partial charge in [-0.1, -0.05) is 18.2 Å². The van der Waals surface area contributed by atoms with Crippen molar-refractivity contribution < 1.29 is 9.53 Å². The fourth-order valence-corrected chi connectivity index (χ4v) is 1.94. The molecule has 0 radical (unpaired) electrons. The number of nitrogens with one attached hydrogen (secondary N) is 1. The number of ether oxygens (including phenoxy) is 1. The smallest absolute Gasteiger partial charge is 0.267 e. The average Bonchev–Trinajstić information content (AvgIpc) is 2.54. The minimum absolute atomic E-state index is 0.0115. The molecule has 2 rings (SSSR count). The van der Waals surface area contributed by atoms with Crippen LogP contribution in [0.15, 0.2) is 48.0 Å². The number of nitrogens with zero attached hydrogens (tertiary/aromatic N) is 2. The minimum atomic E-state index is -0.487. The molecule has 1 amide bonds. The third-order valence-electron chi connectivity index (χ3n) is 3.00. The molecule has 116 valence electrons. The molecule has 0 aliphatic heterocycles. The van der Waals surface area contributed by atoms with Crippen molar-refractivity contribution in [2.75, 3.05) is 11.9 Å². The second-order valence-corrected chi connectivity index (χ2v) is 4.79. The molecule has 23 heavy (non-hydrogen) atoms. The van der Waals surface area contributed by atoms with Gasteiger partial charge in [-0.3, -0.25) is 4.79 Å². The van der Waals surface area contributed by atoms with Crippen LogP contribution in [0.1, 0.15) is 18.2 Å². The van der Waals surface area contributed by atoms with Gasteiger partial charge in [0.05, 0.1) is 6.61 Å². The lowest BCUT2D eigenvalue weighted by atomic mass is 10.1. The zero-order valence-electron chi connectivity index (χ0n) is 13.0. The number of aryl methyl sites for hydroxylation is 1. The van der Waals surface area contributed by atoms with Crippen molar-refractivity contribution >= 4 is 17.8 Å². The Morgan fingerprint density at radius 2 is 2.04 bits per heavy atom. The first-order valence-corrected chi connectivity index (χ1v) is 7.22. The van der Waals surface area contributed by atoms with Crippen LogP contribution in [0, 0.1) is 18.3 Å². The first-order chi connectivity index (χ1) is 11.1. The summed E-state index contributed by atoms with van der Waals surface area (Å²) in [5, 5.41) is 11.8. The first kappa shape index (κ1) is 16.2. The van der Waals surface area contributed by atoms with Crippen molar-refractivity contribution in [3.8, 4) is 11.8 Å². The average molecular weight is 307 g/mol. The van der Waals surface area contributed by atoms with E-state index in [1.54, 1.807) is 36.4 Å². The lowest BCUT2D eigenvalue weighted by Crippen LogP contribution is -2.14. The number of aromatic nitrogens is 1. The summed E-state index contributed by atoms with van der Waals surface area (Å²) in [7, 11) is 0. The van der Waals surface area contributed by atoms with Gasteiger partial charge in [0.25, 0.3) is 5.91 Å². The number of nitriles is 1. The molecule has 0 fully saturated rings. The second kappa shape index (κ2) is 7.76. The highest BCUT2D eigenvalue weighted by Crippen LogP contribution is 2.15. The summed E-state index contributed by atoms with van der Waals surface area (Å²) in [6.45, 7) is 4.33. The molecular weight excluding hydrogens is 290 g/mol. The van der Waals surface area contributed by atoms with Crippen molar-refractivity contribution in [3.05, 3.63) is 59.3 Å². The van der Waals surface area contributed by atoms with Gasteiger partial charge in [-0.15, -0.1) is 0 Å². The van der Waals surface area contributed by atoms with E-state index in [1.807, 2.05) is 26.0 Å². The highest BCUT2D eigenvalue weighted by Gasteiger charge is 2.10. The number of anilines is 1. The van der Waals surface area contributed by atoms with Crippen LogP contribution in [-0.2, 0) is 4.79 Å². The summed E-state index contributed by atoms with van der Waals surface area (Å²) in [6.07, 6.45) is 1.53. The monoisotopic (exact) mass is 307 g/mol. The van der Waals surface area contributed by atoms with E-state index in [0.717, 1.165) is 17.0 Å². The molecule has 0 atom stereocenters. The molecule has 0 saturated carbocycles. The number of benzene rings is 1. The topological polar surface area (TPSA) is 75.0 Å². The van der Waals surface area contributed by atoms with Crippen LogP contribution >= 0.6 is 0 Å². The molecule has 1 aromatic heterocycles. The predicted octanol–water partition coefficient (Wildman–Crippen LogP) is 3.33. The van der Waals surface area contributed by atoms with Crippen LogP contribution < -0.4 is 10.1 Å². The number of amides is 1. The van der Waals surface area contributed by atoms with Crippen LogP contribution in [0.4, 0.5) is 5.82 Å². The van der Waals surface area contributed by atoms with Gasteiger partial charge in [0.2, 0.25) is 0 Å². The Balaban J connectivity index is 2.14. The fraction of sp³-hybridized carbons (Fsp3) is 0.167. The van der Waals surface area contributed by atoms with E-state index in [0.29, 0.717) is 12.4 Å². The number of hydrogen-bond donors (Lipinski definition) is 1. The van der Waals surface area contributed by atoms with Gasteiger partial charge >= 0.3 is 0 Å². The maximum Gasteiger partial charge on any atom is 0.267 e. The molecule has 0 aliphatic rings. The molecule has 1 aromatic carbocycles. The lowest BCUT2D eigenvalue weighted by molar-refractivity contribution is -0.112. The van der Waals surface area contributed by atoms with E-state index in [2.05, 4.69) is 10.3 Å². The molecule has 1 heterocycles. The Hall–Kier alpha value is -3.13. The number of pyridine rings is 1. The Morgan fingerprint density at radius 1 is 1.30 bits per heavy atom. The van der Waals surface area contributed by atoms with Gasteiger partial charge in [0.1, 0.15) is 23.2 Å². The van der Waals surface area contributed by atoms with Gasteiger partial charge in [0.15, 0.2) is 0 Å². The van der Waals surface area contributed by atoms with Crippen LogP contribution in [0.3, 0.4) is 0 Å². The number of carbonyl (C=O) groups is 1. The van der Waals surface area contributed by atoms with E-state index >= 15 is 0 Å². The summed E-state index contributed by atoms with van der Waals surface area (Å²) in [5.74, 6) is 0.680. The molecule has 5 nitrogen and oxygen atoms in total. The zero-order valence-corrected chi connectivity index (χ0v) is 13.0. The van der Waals surface area contributed by atoms with Gasteiger partial charge < -0.3 is 10.1 Å². The maximum atomic E-state index is 12.2. The zero-order chi connectivity index (χ0) is 16.7. The van der Waals surface area contributed by atoms with Crippen molar-refractivity contribution in [2.45, 2.75) is 13.8 Å². The molecule has 0 aliphatic carbocycles.